The summed E-state index contributed by atoms with van der Waals surface area (Å²) in [6, 6.07) is 16.6. The quantitative estimate of drug-likeness (QED) is 0.801. The molecule has 2 heteroatoms. The van der Waals surface area contributed by atoms with Crippen LogP contribution in [-0.4, -0.2) is 5.91 Å². The van der Waals surface area contributed by atoms with E-state index in [0.717, 1.165) is 37.1 Å². The second kappa shape index (κ2) is 6.13. The van der Waals surface area contributed by atoms with Crippen LogP contribution in [0.3, 0.4) is 0 Å². The number of para-hydroxylation sites is 2. The van der Waals surface area contributed by atoms with Crippen LogP contribution in [0.1, 0.15) is 37.3 Å². The van der Waals surface area contributed by atoms with E-state index in [0.29, 0.717) is 6.42 Å². The molecule has 0 radical (unpaired) electrons. The van der Waals surface area contributed by atoms with Crippen molar-refractivity contribution in [1.82, 2.24) is 0 Å². The van der Waals surface area contributed by atoms with E-state index in [1.807, 2.05) is 17.0 Å². The highest BCUT2D eigenvalue weighted by atomic mass is 16.2. The summed E-state index contributed by atoms with van der Waals surface area (Å²) in [7, 11) is 0. The molecular formula is C19H21NO. The minimum atomic E-state index is 0.207. The van der Waals surface area contributed by atoms with Gasteiger partial charge in [0, 0.05) is 6.42 Å². The number of nitrogens with zero attached hydrogens (tertiary/aromatic N) is 1. The molecule has 1 heterocycles. The molecule has 0 N–H and O–H groups in total. The first-order valence-electron chi connectivity index (χ1n) is 7.80. The zero-order valence-corrected chi connectivity index (χ0v) is 12.5. The number of unbranched alkanes of at least 4 members (excludes halogenated alkanes) is 1. The maximum absolute atomic E-state index is 12.8. The van der Waals surface area contributed by atoms with E-state index in [1.54, 1.807) is 0 Å². The van der Waals surface area contributed by atoms with Crippen LogP contribution in [0.15, 0.2) is 48.5 Å². The van der Waals surface area contributed by atoms with Crippen LogP contribution in [0.5, 0.6) is 0 Å². The van der Waals surface area contributed by atoms with E-state index in [2.05, 4.69) is 43.3 Å². The first-order chi connectivity index (χ1) is 10.3. The van der Waals surface area contributed by atoms with E-state index < -0.39 is 0 Å². The molecule has 0 atom stereocenters. The lowest BCUT2D eigenvalue weighted by Crippen LogP contribution is -2.26. The van der Waals surface area contributed by atoms with E-state index in [9.17, 15) is 4.79 Å². The first kappa shape index (κ1) is 13.9. The summed E-state index contributed by atoms with van der Waals surface area (Å²) in [6.07, 6.45) is 4.58. The largest absolute Gasteiger partial charge is 0.281 e. The predicted octanol–water partition coefficient (Wildman–Crippen LogP) is 4.64. The second-order valence-corrected chi connectivity index (χ2v) is 5.59. The third-order valence-electron chi connectivity index (χ3n) is 4.12. The van der Waals surface area contributed by atoms with Crippen LogP contribution in [0.25, 0.3) is 0 Å². The van der Waals surface area contributed by atoms with Gasteiger partial charge in [-0.1, -0.05) is 49.7 Å². The molecule has 0 saturated carbocycles. The minimum Gasteiger partial charge on any atom is -0.281 e. The Hall–Kier alpha value is -2.09. The summed E-state index contributed by atoms with van der Waals surface area (Å²) in [5.41, 5.74) is 4.64. The van der Waals surface area contributed by atoms with Crippen molar-refractivity contribution < 1.29 is 4.79 Å². The van der Waals surface area contributed by atoms with Crippen molar-refractivity contribution in [2.45, 2.75) is 39.0 Å². The maximum atomic E-state index is 12.8. The molecule has 108 valence electrons. The van der Waals surface area contributed by atoms with Gasteiger partial charge in [-0.25, -0.2) is 0 Å². The number of carbonyl (C=O) groups is 1. The molecule has 2 nitrogen and oxygen atoms in total. The molecule has 1 aliphatic heterocycles. The number of benzene rings is 2. The summed E-state index contributed by atoms with van der Waals surface area (Å²) in [5, 5.41) is 0. The Morgan fingerprint density at radius 2 is 1.48 bits per heavy atom. The molecule has 2 aromatic rings. The summed E-state index contributed by atoms with van der Waals surface area (Å²) >= 11 is 0. The zero-order chi connectivity index (χ0) is 14.7. The molecular weight excluding hydrogens is 258 g/mol. The molecule has 1 aliphatic rings. The van der Waals surface area contributed by atoms with Gasteiger partial charge in [-0.2, -0.15) is 0 Å². The van der Waals surface area contributed by atoms with Gasteiger partial charge in [0.1, 0.15) is 0 Å². The topological polar surface area (TPSA) is 20.3 Å². The Labute approximate surface area is 126 Å². The van der Waals surface area contributed by atoms with Crippen LogP contribution in [0.2, 0.25) is 0 Å². The van der Waals surface area contributed by atoms with Crippen LogP contribution in [0, 0.1) is 0 Å². The van der Waals surface area contributed by atoms with E-state index in [1.165, 1.54) is 11.1 Å². The number of rotatable bonds is 3. The van der Waals surface area contributed by atoms with Gasteiger partial charge in [0.2, 0.25) is 5.91 Å². The lowest BCUT2D eigenvalue weighted by molar-refractivity contribution is -0.118. The molecule has 0 unspecified atom stereocenters. The van der Waals surface area contributed by atoms with Gasteiger partial charge >= 0.3 is 0 Å². The molecule has 0 fully saturated rings. The fourth-order valence-corrected chi connectivity index (χ4v) is 2.99. The van der Waals surface area contributed by atoms with Crippen LogP contribution in [-0.2, 0) is 17.6 Å². The van der Waals surface area contributed by atoms with Crippen LogP contribution >= 0.6 is 0 Å². The third-order valence-corrected chi connectivity index (χ3v) is 4.12. The lowest BCUT2D eigenvalue weighted by Gasteiger charge is -2.25. The Morgan fingerprint density at radius 3 is 2.00 bits per heavy atom. The molecule has 2 aromatic carbocycles. The van der Waals surface area contributed by atoms with Crippen molar-refractivity contribution in [2.24, 2.45) is 0 Å². The maximum Gasteiger partial charge on any atom is 0.231 e. The van der Waals surface area contributed by atoms with Crippen molar-refractivity contribution in [3.05, 3.63) is 59.7 Å². The number of hydrogen-bond acceptors (Lipinski definition) is 1. The lowest BCUT2D eigenvalue weighted by atomic mass is 10.0. The smallest absolute Gasteiger partial charge is 0.231 e. The molecule has 0 bridgehead atoms. The van der Waals surface area contributed by atoms with Gasteiger partial charge in [-0.15, -0.1) is 0 Å². The predicted molar refractivity (Wildman–Crippen MR) is 87.0 cm³/mol. The molecule has 3 rings (SSSR count). The van der Waals surface area contributed by atoms with Crippen LogP contribution < -0.4 is 4.90 Å². The molecule has 0 aliphatic carbocycles. The first-order valence-corrected chi connectivity index (χ1v) is 7.80. The number of anilines is 2. The Kier molecular flexibility index (Phi) is 4.05. The normalized spacial score (nSPS) is 13.3. The summed E-state index contributed by atoms with van der Waals surface area (Å²) < 4.78 is 0. The number of fused-ring (bicyclic) bond motifs is 2. The van der Waals surface area contributed by atoms with Gasteiger partial charge < -0.3 is 0 Å². The number of amides is 1. The van der Waals surface area contributed by atoms with Gasteiger partial charge in [-0.3, -0.25) is 9.69 Å². The van der Waals surface area contributed by atoms with Crippen molar-refractivity contribution in [3.8, 4) is 0 Å². The summed E-state index contributed by atoms with van der Waals surface area (Å²) in [5.74, 6) is 0.207. The van der Waals surface area contributed by atoms with Gasteiger partial charge in [0.25, 0.3) is 0 Å². The highest BCUT2D eigenvalue weighted by Gasteiger charge is 2.24. The number of hydrogen-bond donors (Lipinski definition) is 0. The molecule has 21 heavy (non-hydrogen) atoms. The Balaban J connectivity index is 2.09. The fourth-order valence-electron chi connectivity index (χ4n) is 2.99. The van der Waals surface area contributed by atoms with Crippen LogP contribution in [0.4, 0.5) is 11.4 Å². The monoisotopic (exact) mass is 279 g/mol. The van der Waals surface area contributed by atoms with Crippen molar-refractivity contribution >= 4 is 17.3 Å². The average Bonchev–Trinajstić information content (AvgIpc) is 2.69. The van der Waals surface area contributed by atoms with Gasteiger partial charge in [0.15, 0.2) is 0 Å². The molecule has 1 amide bonds. The molecule has 0 spiro atoms. The summed E-state index contributed by atoms with van der Waals surface area (Å²) in [4.78, 5) is 14.7. The fraction of sp³-hybridized carbons (Fsp3) is 0.316. The molecule has 0 saturated heterocycles. The Bertz CT molecular complexity index is 600. The summed E-state index contributed by atoms with van der Waals surface area (Å²) in [6.45, 7) is 2.12. The van der Waals surface area contributed by atoms with Gasteiger partial charge in [0.05, 0.1) is 11.4 Å². The standard InChI is InChI=1S/C19H21NO/c1-2-3-12-19(21)20-17-10-6-4-8-15(17)13-14-16-9-5-7-11-18(16)20/h4-11H,2-3,12-14H2,1H3. The zero-order valence-electron chi connectivity index (χ0n) is 12.5. The average molecular weight is 279 g/mol. The van der Waals surface area contributed by atoms with Crippen molar-refractivity contribution in [2.75, 3.05) is 4.90 Å². The van der Waals surface area contributed by atoms with Crippen molar-refractivity contribution in [1.29, 1.82) is 0 Å². The number of aryl methyl sites for hydroxylation is 2. The second-order valence-electron chi connectivity index (χ2n) is 5.59. The van der Waals surface area contributed by atoms with E-state index >= 15 is 0 Å². The van der Waals surface area contributed by atoms with E-state index in [-0.39, 0.29) is 5.91 Å². The van der Waals surface area contributed by atoms with Gasteiger partial charge in [-0.05, 0) is 42.5 Å². The highest BCUT2D eigenvalue weighted by molar-refractivity contribution is 6.02. The number of carbonyl (C=O) groups excluding carboxylic acids is 1. The molecule has 0 aromatic heterocycles. The van der Waals surface area contributed by atoms with Crippen molar-refractivity contribution in [3.63, 3.8) is 0 Å². The Morgan fingerprint density at radius 1 is 0.952 bits per heavy atom. The third kappa shape index (κ3) is 2.71. The minimum absolute atomic E-state index is 0.207. The van der Waals surface area contributed by atoms with E-state index in [4.69, 9.17) is 0 Å². The SMILES string of the molecule is CCCCC(=O)N1c2ccccc2CCc2ccccc21. The highest BCUT2D eigenvalue weighted by Crippen LogP contribution is 2.36.